The first-order valence-corrected chi connectivity index (χ1v) is 25.2. The number of phenols is 1. The Morgan fingerprint density at radius 2 is 1.23 bits per heavy atom. The topological polar surface area (TPSA) is 505 Å². The number of nitrogens with two attached hydrogens (primary N) is 3. The number of thioether (sulfide) groups is 1. The summed E-state index contributed by atoms with van der Waals surface area (Å²) in [5, 5.41) is 56.9. The number of nitrogens with zero attached hydrogens (tertiary/aromatic N) is 1. The average molecular weight is 1080 g/mol. The third-order valence-electron chi connectivity index (χ3n) is 10.0. The van der Waals surface area contributed by atoms with Gasteiger partial charge in [0.1, 0.15) is 42.0 Å². The number of carboxylic acid groups (broad SMARTS) is 2. The quantitative estimate of drug-likeness (QED) is 0.0132. The summed E-state index contributed by atoms with van der Waals surface area (Å²) in [6.07, 6.45) is -1.22. The van der Waals surface area contributed by atoms with Crippen molar-refractivity contribution >= 4 is 84.7 Å². The number of amides is 8. The lowest BCUT2D eigenvalue weighted by atomic mass is 10.0. The van der Waals surface area contributed by atoms with Crippen LogP contribution < -0.4 is 59.7 Å². The second-order valence-electron chi connectivity index (χ2n) is 16.5. The van der Waals surface area contributed by atoms with Crippen LogP contribution in [0.15, 0.2) is 29.3 Å². The number of aliphatic carboxylic acids is 2. The van der Waals surface area contributed by atoms with Gasteiger partial charge in [-0.25, -0.2) is 9.36 Å². The van der Waals surface area contributed by atoms with E-state index < -0.39 is 154 Å². The number of aromatic hydroxyl groups is 1. The average Bonchev–Trinajstić information content (AvgIpc) is 3.30. The van der Waals surface area contributed by atoms with Gasteiger partial charge in [-0.2, -0.15) is 11.8 Å². The summed E-state index contributed by atoms with van der Waals surface area (Å²) in [4.78, 5) is 151. The summed E-state index contributed by atoms with van der Waals surface area (Å²) < 4.78 is 16.1. The van der Waals surface area contributed by atoms with Crippen LogP contribution in [0, 0.1) is 5.92 Å². The second kappa shape index (κ2) is 32.4. The van der Waals surface area contributed by atoms with Crippen molar-refractivity contribution in [3.63, 3.8) is 0 Å². The van der Waals surface area contributed by atoms with E-state index in [0.29, 0.717) is 11.3 Å². The summed E-state index contributed by atoms with van der Waals surface area (Å²) in [6, 6.07) is -5.21. The molecule has 0 heterocycles. The Morgan fingerprint density at radius 1 is 0.699 bits per heavy atom. The summed E-state index contributed by atoms with van der Waals surface area (Å²) in [7, 11) is -5.37. The van der Waals surface area contributed by atoms with Crippen LogP contribution >= 0.6 is 19.6 Å². The number of nitrogens with one attached hydrogen (secondary N) is 8. The van der Waals surface area contributed by atoms with E-state index in [1.807, 2.05) is 0 Å². The number of carbonyl (C=O) groups is 10. The van der Waals surface area contributed by atoms with E-state index in [4.69, 9.17) is 17.2 Å². The first kappa shape index (κ1) is 64.4. The van der Waals surface area contributed by atoms with E-state index in [-0.39, 0.29) is 43.9 Å². The summed E-state index contributed by atoms with van der Waals surface area (Å²) in [6.45, 7) is 1.17. The second-order valence-corrected chi connectivity index (χ2v) is 18.7. The smallest absolute Gasteiger partial charge is 0.469 e. The molecular formula is C41H67N12O18PS. The summed E-state index contributed by atoms with van der Waals surface area (Å²) in [5.41, 5.74) is 17.1. The first-order chi connectivity index (χ1) is 34.0. The molecule has 0 aliphatic rings. The Bertz CT molecular complexity index is 2140. The molecule has 1 aromatic rings. The zero-order chi connectivity index (χ0) is 55.6. The SMILES string of the molecule is CSCC[C@H](NC(=O)CNC(=O)[C@@H](N)Cc1ccc(O)cc1)C(=O)NCC(=O)N[C@H](C(=O)N[C@@H](COP(=O)(O)O)C(=O)N[C@H](C(=O)N[C@@H](CCC(=O)O)C(=O)N[C@@H](CCCN=C(N)N)C(=O)O)C(C)C)[C@@H](C)O. The van der Waals surface area contributed by atoms with Crippen molar-refractivity contribution < 1.29 is 87.2 Å². The standard InChI is InChI=1S/C41H67N12O18PS/c1-20(2)32(38(64)49-25(11-12-31(58)59)36(62)50-27(40(66)67)6-5-14-45-41(43)44)53-37(63)28(19-71-72(68,69)70)51-39(65)33(21(3)54)52-30(57)18-47-35(61)26(13-15-73-4)48-29(56)17-46-34(60)24(42)16-22-7-9-23(55)10-8-22/h7-10,20-21,24-28,32-33,54-55H,5-6,11-19,42H2,1-4H3,(H,46,60)(H,47,61)(H,48,56)(H,49,64)(H,50,62)(H,51,65)(H,52,57)(H,53,63)(H,58,59)(H,66,67)(H4,43,44,45)(H2,68,69,70)/t21-,24+,25+,26+,27+,28+,32+,33+/m1/s1. The lowest BCUT2D eigenvalue weighted by Crippen LogP contribution is -2.62. The van der Waals surface area contributed by atoms with Crippen LogP contribution in [0.3, 0.4) is 0 Å². The van der Waals surface area contributed by atoms with Crippen molar-refractivity contribution in [2.45, 2.75) is 108 Å². The van der Waals surface area contributed by atoms with Gasteiger partial charge in [-0.3, -0.25) is 52.7 Å². The van der Waals surface area contributed by atoms with Gasteiger partial charge < -0.3 is 89.9 Å². The van der Waals surface area contributed by atoms with Gasteiger partial charge in [-0.1, -0.05) is 26.0 Å². The highest BCUT2D eigenvalue weighted by Gasteiger charge is 2.36. The van der Waals surface area contributed by atoms with E-state index in [0.717, 1.165) is 6.92 Å². The van der Waals surface area contributed by atoms with E-state index >= 15 is 0 Å². The van der Waals surface area contributed by atoms with Crippen LogP contribution in [-0.2, 0) is 63.5 Å². The Morgan fingerprint density at radius 3 is 1.77 bits per heavy atom. The zero-order valence-corrected chi connectivity index (χ0v) is 42.1. The molecule has 0 saturated heterocycles. The molecule has 30 nitrogen and oxygen atoms in total. The molecule has 0 unspecified atom stereocenters. The van der Waals surface area contributed by atoms with Crippen LogP contribution in [0.4, 0.5) is 0 Å². The number of aliphatic hydroxyl groups is 1. The Labute approximate surface area is 423 Å². The minimum absolute atomic E-state index is 0.00363. The zero-order valence-electron chi connectivity index (χ0n) is 40.4. The maximum Gasteiger partial charge on any atom is 0.469 e. The fraction of sp³-hybridized carbons (Fsp3) is 0.585. The van der Waals surface area contributed by atoms with Crippen molar-refractivity contribution in [2.75, 3.05) is 38.2 Å². The molecule has 0 spiro atoms. The van der Waals surface area contributed by atoms with Crippen LogP contribution in [0.5, 0.6) is 5.75 Å². The number of guanidine groups is 1. The van der Waals surface area contributed by atoms with Gasteiger partial charge in [-0.15, -0.1) is 0 Å². The summed E-state index contributed by atoms with van der Waals surface area (Å²) in [5.74, 6) is -12.0. The normalized spacial score (nSPS) is 14.5. The molecule has 0 saturated carbocycles. The van der Waals surface area contributed by atoms with Crippen LogP contribution in [0.25, 0.3) is 0 Å². The number of phosphoric acid groups is 1. The number of benzene rings is 1. The van der Waals surface area contributed by atoms with E-state index in [9.17, 15) is 82.7 Å². The third kappa shape index (κ3) is 26.6. The van der Waals surface area contributed by atoms with Crippen molar-refractivity contribution in [1.82, 2.24) is 42.5 Å². The minimum atomic E-state index is -5.37. The lowest BCUT2D eigenvalue weighted by molar-refractivity contribution is -0.143. The molecule has 32 heteroatoms. The highest BCUT2D eigenvalue weighted by Crippen LogP contribution is 2.35. The molecule has 8 amide bonds. The lowest BCUT2D eigenvalue weighted by Gasteiger charge is -2.28. The van der Waals surface area contributed by atoms with Crippen LogP contribution in [-0.4, -0.2) is 182 Å². The Kier molecular flexibility index (Phi) is 28.6. The fourth-order valence-electron chi connectivity index (χ4n) is 6.18. The predicted octanol–water partition coefficient (Wildman–Crippen LogP) is -5.69. The maximum atomic E-state index is 13.7. The molecule has 8 atom stereocenters. The van der Waals surface area contributed by atoms with Gasteiger partial charge in [-0.05, 0) is 74.7 Å². The molecule has 0 bridgehead atoms. The van der Waals surface area contributed by atoms with Crippen molar-refractivity contribution in [3.05, 3.63) is 29.8 Å². The number of phenolic OH excluding ortho intramolecular Hbond substituents is 1. The number of hydrogen-bond acceptors (Lipinski definition) is 17. The molecule has 1 aromatic carbocycles. The van der Waals surface area contributed by atoms with Gasteiger partial charge in [0.15, 0.2) is 5.96 Å². The molecule has 410 valence electrons. The number of carbonyl (C=O) groups excluding carboxylic acids is 8. The van der Waals surface area contributed by atoms with E-state index in [1.54, 1.807) is 18.4 Å². The monoisotopic (exact) mass is 1080 g/mol. The number of aliphatic hydroxyl groups excluding tert-OH is 1. The van der Waals surface area contributed by atoms with Crippen molar-refractivity contribution in [2.24, 2.45) is 28.1 Å². The van der Waals surface area contributed by atoms with Crippen LogP contribution in [0.2, 0.25) is 0 Å². The molecule has 0 aliphatic heterocycles. The highest BCUT2D eigenvalue weighted by atomic mass is 32.2. The largest absolute Gasteiger partial charge is 0.508 e. The molecule has 0 aliphatic carbocycles. The Hall–Kier alpha value is -6.63. The van der Waals surface area contributed by atoms with Gasteiger partial charge in [0, 0.05) is 13.0 Å². The molecule has 1 rings (SSSR count). The molecule has 73 heavy (non-hydrogen) atoms. The van der Waals surface area contributed by atoms with Gasteiger partial charge in [0.05, 0.1) is 31.8 Å². The maximum absolute atomic E-state index is 13.7. The van der Waals surface area contributed by atoms with Crippen molar-refractivity contribution in [1.29, 1.82) is 0 Å². The molecule has 20 N–H and O–H groups in total. The van der Waals surface area contributed by atoms with Gasteiger partial charge in [0.25, 0.3) is 0 Å². The predicted molar refractivity (Wildman–Crippen MR) is 259 cm³/mol. The first-order valence-electron chi connectivity index (χ1n) is 22.3. The molecular weight excluding hydrogens is 1010 g/mol. The van der Waals surface area contributed by atoms with E-state index in [2.05, 4.69) is 52.1 Å². The van der Waals surface area contributed by atoms with Crippen LogP contribution in [0.1, 0.15) is 58.4 Å². The number of rotatable bonds is 34. The molecule has 0 fully saturated rings. The number of carboxylic acids is 2. The fourth-order valence-corrected chi connectivity index (χ4v) is 7.00. The molecule has 0 aromatic heterocycles. The minimum Gasteiger partial charge on any atom is -0.508 e. The number of phosphoric ester groups is 1. The van der Waals surface area contributed by atoms with E-state index in [1.165, 1.54) is 37.7 Å². The highest BCUT2D eigenvalue weighted by molar-refractivity contribution is 7.98. The van der Waals surface area contributed by atoms with Crippen molar-refractivity contribution in [3.8, 4) is 5.75 Å². The third-order valence-corrected chi connectivity index (χ3v) is 11.2. The molecule has 0 radical (unpaired) electrons. The van der Waals surface area contributed by atoms with Gasteiger partial charge in [0.2, 0.25) is 47.3 Å². The Balaban J connectivity index is 3.14. The number of hydrogen-bond donors (Lipinski definition) is 17. The van der Waals surface area contributed by atoms with Gasteiger partial charge >= 0.3 is 19.8 Å². The number of aliphatic imine (C=N–C) groups is 1. The summed E-state index contributed by atoms with van der Waals surface area (Å²) >= 11 is 1.32.